The zero-order chi connectivity index (χ0) is 9.56. The molecule has 0 saturated heterocycles. The lowest BCUT2D eigenvalue weighted by Crippen LogP contribution is -2.42. The zero-order valence-electron chi connectivity index (χ0n) is 7.49. The average Bonchev–Trinajstić information content (AvgIpc) is 2.03. The second-order valence-corrected chi connectivity index (χ2v) is 2.61. The van der Waals surface area contributed by atoms with Gasteiger partial charge < -0.3 is 5.73 Å². The van der Waals surface area contributed by atoms with Gasteiger partial charge in [0.25, 0.3) is 0 Å². The molecule has 0 aromatic rings. The van der Waals surface area contributed by atoms with Gasteiger partial charge in [0.1, 0.15) is 0 Å². The van der Waals surface area contributed by atoms with Crippen molar-refractivity contribution in [1.82, 2.24) is 4.90 Å². The SMILES string of the molecule is C=CCN(CC=C)[C@@H](C)C(N)=O. The lowest BCUT2D eigenvalue weighted by molar-refractivity contribution is -0.122. The molecule has 0 saturated carbocycles. The molecule has 0 aliphatic heterocycles. The number of carbonyl (C=O) groups is 1. The first kappa shape index (κ1) is 10.9. The van der Waals surface area contributed by atoms with Crippen molar-refractivity contribution in [1.29, 1.82) is 0 Å². The van der Waals surface area contributed by atoms with E-state index in [9.17, 15) is 4.79 Å². The molecule has 0 aromatic heterocycles. The summed E-state index contributed by atoms with van der Waals surface area (Å²) < 4.78 is 0. The molecule has 0 heterocycles. The zero-order valence-corrected chi connectivity index (χ0v) is 7.49. The normalized spacial score (nSPS) is 12.5. The Kier molecular flexibility index (Phi) is 5.04. The molecule has 3 nitrogen and oxygen atoms in total. The molecule has 68 valence electrons. The Bertz CT molecular complexity index is 167. The van der Waals surface area contributed by atoms with Gasteiger partial charge in [-0.3, -0.25) is 9.69 Å². The number of rotatable bonds is 6. The van der Waals surface area contributed by atoms with E-state index in [4.69, 9.17) is 5.73 Å². The van der Waals surface area contributed by atoms with Crippen LogP contribution in [0, 0.1) is 0 Å². The molecule has 0 aliphatic rings. The maximum atomic E-state index is 10.8. The monoisotopic (exact) mass is 168 g/mol. The van der Waals surface area contributed by atoms with Crippen molar-refractivity contribution in [2.24, 2.45) is 5.73 Å². The summed E-state index contributed by atoms with van der Waals surface area (Å²) in [7, 11) is 0. The third kappa shape index (κ3) is 3.34. The quantitative estimate of drug-likeness (QED) is 0.588. The number of hydrogen-bond acceptors (Lipinski definition) is 2. The fourth-order valence-electron chi connectivity index (χ4n) is 0.902. The van der Waals surface area contributed by atoms with Crippen molar-refractivity contribution in [3.05, 3.63) is 25.3 Å². The van der Waals surface area contributed by atoms with E-state index in [-0.39, 0.29) is 11.9 Å². The highest BCUT2D eigenvalue weighted by Crippen LogP contribution is 1.97. The van der Waals surface area contributed by atoms with Gasteiger partial charge in [-0.05, 0) is 6.92 Å². The van der Waals surface area contributed by atoms with E-state index in [1.165, 1.54) is 0 Å². The van der Waals surface area contributed by atoms with Gasteiger partial charge in [0.15, 0.2) is 0 Å². The van der Waals surface area contributed by atoms with Crippen molar-refractivity contribution < 1.29 is 4.79 Å². The highest BCUT2D eigenvalue weighted by molar-refractivity contribution is 5.79. The van der Waals surface area contributed by atoms with Crippen LogP contribution < -0.4 is 5.73 Å². The Morgan fingerprint density at radius 1 is 1.50 bits per heavy atom. The largest absolute Gasteiger partial charge is 0.368 e. The van der Waals surface area contributed by atoms with E-state index >= 15 is 0 Å². The van der Waals surface area contributed by atoms with Crippen LogP contribution in [-0.4, -0.2) is 29.9 Å². The third-order valence-electron chi connectivity index (χ3n) is 1.69. The summed E-state index contributed by atoms with van der Waals surface area (Å²) in [4.78, 5) is 12.7. The smallest absolute Gasteiger partial charge is 0.234 e. The van der Waals surface area contributed by atoms with Gasteiger partial charge in [-0.15, -0.1) is 13.2 Å². The average molecular weight is 168 g/mol. The van der Waals surface area contributed by atoms with E-state index in [2.05, 4.69) is 13.2 Å². The van der Waals surface area contributed by atoms with Gasteiger partial charge in [-0.2, -0.15) is 0 Å². The molecule has 0 unspecified atom stereocenters. The fraction of sp³-hybridized carbons (Fsp3) is 0.444. The molecule has 0 fully saturated rings. The van der Waals surface area contributed by atoms with Crippen LogP contribution in [0.4, 0.5) is 0 Å². The molecule has 0 bridgehead atoms. The summed E-state index contributed by atoms with van der Waals surface area (Å²) in [5.41, 5.74) is 5.15. The summed E-state index contributed by atoms with van der Waals surface area (Å²) in [6.45, 7) is 10.3. The first-order valence-corrected chi connectivity index (χ1v) is 3.88. The van der Waals surface area contributed by atoms with Crippen LogP contribution in [0.3, 0.4) is 0 Å². The summed E-state index contributed by atoms with van der Waals surface area (Å²) in [5.74, 6) is -0.321. The van der Waals surface area contributed by atoms with Crippen molar-refractivity contribution in [3.63, 3.8) is 0 Å². The Morgan fingerprint density at radius 2 is 1.92 bits per heavy atom. The first-order chi connectivity index (χ1) is 5.63. The minimum atomic E-state index is -0.321. The molecule has 0 rings (SSSR count). The predicted octanol–water partition coefficient (Wildman–Crippen LogP) is 0.534. The summed E-state index contributed by atoms with van der Waals surface area (Å²) in [6.07, 6.45) is 3.48. The summed E-state index contributed by atoms with van der Waals surface area (Å²) in [6, 6.07) is -0.263. The maximum absolute atomic E-state index is 10.8. The van der Waals surface area contributed by atoms with Crippen LogP contribution in [0.2, 0.25) is 0 Å². The minimum Gasteiger partial charge on any atom is -0.368 e. The van der Waals surface area contributed by atoms with Gasteiger partial charge in [0.2, 0.25) is 5.91 Å². The Labute approximate surface area is 73.5 Å². The van der Waals surface area contributed by atoms with Crippen LogP contribution in [0.25, 0.3) is 0 Å². The van der Waals surface area contributed by atoms with Crippen molar-refractivity contribution in [2.75, 3.05) is 13.1 Å². The predicted molar refractivity (Wildman–Crippen MR) is 50.6 cm³/mol. The van der Waals surface area contributed by atoms with Crippen LogP contribution in [0.1, 0.15) is 6.92 Å². The second kappa shape index (κ2) is 5.55. The standard InChI is InChI=1S/C9H16N2O/c1-4-6-11(7-5-2)8(3)9(10)12/h4-5,8H,1-2,6-7H2,3H3,(H2,10,12)/t8-/m0/s1. The summed E-state index contributed by atoms with van der Waals surface area (Å²) >= 11 is 0. The van der Waals surface area contributed by atoms with Gasteiger partial charge >= 0.3 is 0 Å². The number of nitrogens with zero attached hydrogens (tertiary/aromatic N) is 1. The topological polar surface area (TPSA) is 46.3 Å². The second-order valence-electron chi connectivity index (χ2n) is 2.61. The highest BCUT2D eigenvalue weighted by Gasteiger charge is 2.15. The molecule has 1 atom stereocenters. The molecule has 0 aromatic carbocycles. The minimum absolute atomic E-state index is 0.263. The molecule has 0 aliphatic carbocycles. The molecular weight excluding hydrogens is 152 g/mol. The van der Waals surface area contributed by atoms with E-state index in [0.717, 1.165) is 0 Å². The maximum Gasteiger partial charge on any atom is 0.234 e. The van der Waals surface area contributed by atoms with Gasteiger partial charge in [-0.25, -0.2) is 0 Å². The Balaban J connectivity index is 4.16. The first-order valence-electron chi connectivity index (χ1n) is 3.88. The number of amides is 1. The lowest BCUT2D eigenvalue weighted by Gasteiger charge is -2.23. The molecular formula is C9H16N2O. The molecule has 3 heteroatoms. The van der Waals surface area contributed by atoms with Crippen molar-refractivity contribution >= 4 is 5.91 Å². The van der Waals surface area contributed by atoms with E-state index in [0.29, 0.717) is 13.1 Å². The lowest BCUT2D eigenvalue weighted by atomic mass is 10.2. The fourth-order valence-corrected chi connectivity index (χ4v) is 0.902. The van der Waals surface area contributed by atoms with Crippen LogP contribution >= 0.6 is 0 Å². The van der Waals surface area contributed by atoms with Crippen LogP contribution in [0.15, 0.2) is 25.3 Å². The number of nitrogens with two attached hydrogens (primary N) is 1. The number of carbonyl (C=O) groups excluding carboxylic acids is 1. The van der Waals surface area contributed by atoms with Crippen LogP contribution in [-0.2, 0) is 4.79 Å². The number of hydrogen-bond donors (Lipinski definition) is 1. The van der Waals surface area contributed by atoms with Gasteiger partial charge in [0, 0.05) is 13.1 Å². The highest BCUT2D eigenvalue weighted by atomic mass is 16.1. The Hall–Kier alpha value is -1.09. The molecule has 0 radical (unpaired) electrons. The van der Waals surface area contributed by atoms with Crippen molar-refractivity contribution in [2.45, 2.75) is 13.0 Å². The number of primary amides is 1. The van der Waals surface area contributed by atoms with E-state index in [1.54, 1.807) is 19.1 Å². The van der Waals surface area contributed by atoms with E-state index in [1.807, 2.05) is 4.90 Å². The third-order valence-corrected chi connectivity index (χ3v) is 1.69. The van der Waals surface area contributed by atoms with Gasteiger partial charge in [0.05, 0.1) is 6.04 Å². The molecule has 12 heavy (non-hydrogen) atoms. The summed E-state index contributed by atoms with van der Waals surface area (Å²) in [5, 5.41) is 0. The molecule has 1 amide bonds. The Morgan fingerprint density at radius 3 is 2.17 bits per heavy atom. The molecule has 2 N–H and O–H groups in total. The molecule has 0 spiro atoms. The van der Waals surface area contributed by atoms with Crippen molar-refractivity contribution in [3.8, 4) is 0 Å². The van der Waals surface area contributed by atoms with Gasteiger partial charge in [-0.1, -0.05) is 12.2 Å². The van der Waals surface area contributed by atoms with Crippen LogP contribution in [0.5, 0.6) is 0 Å². The van der Waals surface area contributed by atoms with E-state index < -0.39 is 0 Å².